The monoisotopic (exact) mass is 750 g/mol. The zero-order valence-corrected chi connectivity index (χ0v) is 31.6. The molecule has 0 radical (unpaired) electrons. The topological polar surface area (TPSA) is 102 Å². The van der Waals surface area contributed by atoms with Crippen LogP contribution < -0.4 is 14.4 Å². The summed E-state index contributed by atoms with van der Waals surface area (Å²) in [6.07, 6.45) is 10.1. The smallest absolute Gasteiger partial charge is 0.410 e. The van der Waals surface area contributed by atoms with Crippen LogP contribution in [0.15, 0.2) is 54.8 Å². The summed E-state index contributed by atoms with van der Waals surface area (Å²) < 4.78 is 55.6. The van der Waals surface area contributed by atoms with Crippen LogP contribution >= 0.6 is 0 Å². The van der Waals surface area contributed by atoms with E-state index in [0.29, 0.717) is 40.8 Å². The minimum atomic E-state index is -0.762. The van der Waals surface area contributed by atoms with Gasteiger partial charge in [-0.15, -0.1) is 6.42 Å². The van der Waals surface area contributed by atoms with Gasteiger partial charge < -0.3 is 23.8 Å². The van der Waals surface area contributed by atoms with Gasteiger partial charge in [-0.05, 0) is 70.0 Å². The third kappa shape index (κ3) is 6.61. The highest BCUT2D eigenvalue weighted by molar-refractivity contribution is 6.03. The standard InChI is InChI=1S/C42H44F2N6O5/c1-8-30-33(43)12-9-26-13-29(54-23-52-7)14-31(34(26)30)36-35(44)37-32(17-45-36)38(48-20-27-10-11-28(21-48)50(27)40(51)55-41(4,5)6)47-39(46-37)53-22-42-15-24(2)18-49(42)19-25(3)16-42/h1,9,12-14,17,27-28H,2-3,10-11,15-16,18-23H2,4-7H3. The summed E-state index contributed by atoms with van der Waals surface area (Å²) in [5, 5.41) is 1.20. The Balaban J connectivity index is 1.25. The molecule has 0 aliphatic carbocycles. The Bertz CT molecular complexity index is 2270. The molecule has 55 heavy (non-hydrogen) atoms. The van der Waals surface area contributed by atoms with Crippen LogP contribution in [-0.2, 0) is 9.47 Å². The molecule has 286 valence electrons. The van der Waals surface area contributed by atoms with E-state index in [-0.39, 0.29) is 65.5 Å². The zero-order valence-electron chi connectivity index (χ0n) is 31.6. The maximum atomic E-state index is 17.3. The lowest BCUT2D eigenvalue weighted by Crippen LogP contribution is -2.57. The molecular weight excluding hydrogens is 706 g/mol. The van der Waals surface area contributed by atoms with E-state index in [9.17, 15) is 4.79 Å². The Labute approximate surface area is 318 Å². The molecular formula is C42H44F2N6O5. The first-order valence-electron chi connectivity index (χ1n) is 18.5. The Morgan fingerprint density at radius 3 is 2.42 bits per heavy atom. The van der Waals surface area contributed by atoms with Gasteiger partial charge in [0.1, 0.15) is 40.8 Å². The van der Waals surface area contributed by atoms with Crippen LogP contribution in [0.4, 0.5) is 19.4 Å². The molecule has 4 aromatic rings. The van der Waals surface area contributed by atoms with Crippen LogP contribution in [-0.4, -0.2) is 101 Å². The second kappa shape index (κ2) is 13.8. The number of methoxy groups -OCH3 is 1. The second-order valence-electron chi connectivity index (χ2n) is 16.1. The van der Waals surface area contributed by atoms with Crippen LogP contribution in [0.5, 0.6) is 11.8 Å². The summed E-state index contributed by atoms with van der Waals surface area (Å²) in [5.74, 6) is 1.85. The summed E-state index contributed by atoms with van der Waals surface area (Å²) in [7, 11) is 1.49. The number of amides is 1. The largest absolute Gasteiger partial charge is 0.468 e. The Morgan fingerprint density at radius 1 is 1.05 bits per heavy atom. The fourth-order valence-electron chi connectivity index (χ4n) is 8.81. The number of carbonyl (C=O) groups is 1. The molecule has 11 nitrogen and oxygen atoms in total. The number of fused-ring (bicyclic) bond motifs is 5. The quantitative estimate of drug-likeness (QED) is 0.106. The van der Waals surface area contributed by atoms with Crippen molar-refractivity contribution >= 4 is 33.6 Å². The van der Waals surface area contributed by atoms with Gasteiger partial charge in [-0.1, -0.05) is 36.3 Å². The SMILES string of the molecule is C#Cc1c(F)ccc2cc(OCOC)cc(-c3ncc4c(N5CC6CCC(C5)N6C(=O)OC(C)(C)C)nc(OCC56CC(=C)CN5CC(=C)C6)nc4c3F)c12. The van der Waals surface area contributed by atoms with Gasteiger partial charge in [0.2, 0.25) is 0 Å². The van der Waals surface area contributed by atoms with Gasteiger partial charge in [0.05, 0.1) is 28.6 Å². The molecule has 8 rings (SSSR count). The molecule has 0 spiro atoms. The number of hydrogen-bond donors (Lipinski definition) is 0. The van der Waals surface area contributed by atoms with Crippen molar-refractivity contribution in [1.82, 2.24) is 24.8 Å². The van der Waals surface area contributed by atoms with E-state index in [1.54, 1.807) is 18.2 Å². The first kappa shape index (κ1) is 36.6. The lowest BCUT2D eigenvalue weighted by atomic mass is 9.92. The fourth-order valence-corrected chi connectivity index (χ4v) is 8.81. The van der Waals surface area contributed by atoms with E-state index in [1.165, 1.54) is 19.4 Å². The van der Waals surface area contributed by atoms with Gasteiger partial charge in [0.15, 0.2) is 12.6 Å². The number of benzene rings is 2. The van der Waals surface area contributed by atoms with Crippen molar-refractivity contribution in [2.24, 2.45) is 0 Å². The zero-order chi connectivity index (χ0) is 38.8. The average Bonchev–Trinajstić information content (AvgIpc) is 3.71. The van der Waals surface area contributed by atoms with E-state index in [4.69, 9.17) is 30.4 Å². The highest BCUT2D eigenvalue weighted by Gasteiger charge is 2.48. The van der Waals surface area contributed by atoms with Gasteiger partial charge in [-0.2, -0.15) is 9.97 Å². The third-order valence-electron chi connectivity index (χ3n) is 10.9. The van der Waals surface area contributed by atoms with Crippen LogP contribution in [0.1, 0.15) is 52.0 Å². The number of aromatic nitrogens is 3. The number of nitrogens with zero attached hydrogens (tertiary/aromatic N) is 6. The number of hydrogen-bond acceptors (Lipinski definition) is 10. The molecule has 2 unspecified atom stereocenters. The summed E-state index contributed by atoms with van der Waals surface area (Å²) in [6.45, 7) is 16.6. The van der Waals surface area contributed by atoms with Crippen molar-refractivity contribution in [3.05, 3.63) is 72.0 Å². The van der Waals surface area contributed by atoms with Crippen molar-refractivity contribution in [2.75, 3.05) is 51.6 Å². The van der Waals surface area contributed by atoms with Crippen molar-refractivity contribution in [2.45, 2.75) is 69.7 Å². The molecule has 0 N–H and O–H groups in total. The predicted molar refractivity (Wildman–Crippen MR) is 205 cm³/mol. The number of pyridine rings is 1. The molecule has 4 saturated heterocycles. The highest BCUT2D eigenvalue weighted by Crippen LogP contribution is 2.44. The van der Waals surface area contributed by atoms with Gasteiger partial charge >= 0.3 is 12.1 Å². The maximum absolute atomic E-state index is 17.3. The summed E-state index contributed by atoms with van der Waals surface area (Å²) in [4.78, 5) is 33.8. The Hall–Kier alpha value is -5.32. The number of ether oxygens (including phenoxy) is 4. The van der Waals surface area contributed by atoms with Crippen molar-refractivity contribution in [1.29, 1.82) is 0 Å². The van der Waals surface area contributed by atoms with E-state index < -0.39 is 17.2 Å². The van der Waals surface area contributed by atoms with Crippen molar-refractivity contribution in [3.63, 3.8) is 0 Å². The first-order chi connectivity index (χ1) is 26.3. The lowest BCUT2D eigenvalue weighted by molar-refractivity contribution is 0.0122. The Kier molecular flexibility index (Phi) is 9.17. The summed E-state index contributed by atoms with van der Waals surface area (Å²) in [6, 6.07) is 5.81. The van der Waals surface area contributed by atoms with Crippen molar-refractivity contribution < 1.29 is 32.5 Å². The van der Waals surface area contributed by atoms with E-state index in [0.717, 1.165) is 49.9 Å². The fraction of sp³-hybridized carbons (Fsp3) is 0.429. The second-order valence-corrected chi connectivity index (χ2v) is 16.1. The van der Waals surface area contributed by atoms with E-state index in [2.05, 4.69) is 38.8 Å². The van der Waals surface area contributed by atoms with Crippen LogP contribution in [0.25, 0.3) is 32.9 Å². The molecule has 6 heterocycles. The highest BCUT2D eigenvalue weighted by atomic mass is 19.1. The minimum Gasteiger partial charge on any atom is -0.468 e. The number of halogens is 2. The van der Waals surface area contributed by atoms with Crippen molar-refractivity contribution in [3.8, 4) is 35.4 Å². The minimum absolute atomic E-state index is 0.00205. The van der Waals surface area contributed by atoms with E-state index in [1.807, 2.05) is 25.7 Å². The van der Waals surface area contributed by atoms with Gasteiger partial charge in [-0.3, -0.25) is 14.8 Å². The first-order valence-corrected chi connectivity index (χ1v) is 18.5. The maximum Gasteiger partial charge on any atom is 0.410 e. The molecule has 4 aliphatic heterocycles. The number of anilines is 1. The normalized spacial score (nSPS) is 20.7. The van der Waals surface area contributed by atoms with Crippen LogP contribution in [0.2, 0.25) is 0 Å². The Morgan fingerprint density at radius 2 is 1.76 bits per heavy atom. The van der Waals surface area contributed by atoms with Crippen LogP contribution in [0, 0.1) is 24.0 Å². The molecule has 4 aliphatic rings. The molecule has 2 aromatic heterocycles. The molecule has 2 bridgehead atoms. The van der Waals surface area contributed by atoms with E-state index >= 15 is 8.78 Å². The van der Waals surface area contributed by atoms with Gasteiger partial charge in [0, 0.05) is 50.4 Å². The molecule has 1 amide bonds. The van der Waals surface area contributed by atoms with Gasteiger partial charge in [-0.25, -0.2) is 13.6 Å². The summed E-state index contributed by atoms with van der Waals surface area (Å²) in [5.41, 5.74) is 1.32. The van der Waals surface area contributed by atoms with Gasteiger partial charge in [0.25, 0.3) is 0 Å². The molecule has 4 fully saturated rings. The molecule has 13 heteroatoms. The average molecular weight is 751 g/mol. The number of piperazine rings is 1. The van der Waals surface area contributed by atoms with Crippen LogP contribution in [0.3, 0.4) is 0 Å². The molecule has 2 aromatic carbocycles. The lowest BCUT2D eigenvalue weighted by Gasteiger charge is -2.42. The molecule has 0 saturated carbocycles. The molecule has 2 atom stereocenters. The summed E-state index contributed by atoms with van der Waals surface area (Å²) >= 11 is 0. The number of terminal acetylenes is 1. The predicted octanol–water partition coefficient (Wildman–Crippen LogP) is 7.01. The number of rotatable bonds is 8. The third-order valence-corrected chi connectivity index (χ3v) is 10.9. The number of carbonyl (C=O) groups excluding carboxylic acids is 1.